The van der Waals surface area contributed by atoms with E-state index in [-0.39, 0.29) is 18.8 Å². The van der Waals surface area contributed by atoms with E-state index in [0.717, 1.165) is 5.69 Å². The van der Waals surface area contributed by atoms with E-state index in [9.17, 15) is 9.59 Å². The zero-order valence-corrected chi connectivity index (χ0v) is 14.7. The molecule has 2 aliphatic rings. The van der Waals surface area contributed by atoms with Crippen molar-refractivity contribution in [2.24, 2.45) is 0 Å². The second-order valence-corrected chi connectivity index (χ2v) is 8.93. The number of ether oxygens (including phenoxy) is 1. The summed E-state index contributed by atoms with van der Waals surface area (Å²) in [4.78, 5) is 25.3. The van der Waals surface area contributed by atoms with Gasteiger partial charge in [-0.25, -0.2) is 14.4 Å². The number of H-pyrrole nitrogens is 1. The van der Waals surface area contributed by atoms with Crippen LogP contribution in [0.25, 0.3) is 0 Å². The van der Waals surface area contributed by atoms with Crippen molar-refractivity contribution < 1.29 is 13.8 Å². The number of hydrogen-bond acceptors (Lipinski definition) is 7. The minimum absolute atomic E-state index is 0.278. The number of benzene rings is 1. The Labute approximate surface area is 148 Å². The number of fused-ring (bicyclic) bond motifs is 1. The number of para-hydroxylation sites is 1. The predicted octanol–water partition coefficient (Wildman–Crippen LogP) is 1.58. The fraction of sp³-hybridized carbons (Fsp3) is 0.333. The third kappa shape index (κ3) is 3.51. The van der Waals surface area contributed by atoms with Crippen molar-refractivity contribution >= 4 is 25.0 Å². The molecule has 1 aromatic heterocycles. The lowest BCUT2D eigenvalue weighted by Crippen LogP contribution is -2.36. The average molecular weight is 381 g/mol. The Morgan fingerprint density at radius 3 is 2.76 bits per heavy atom. The van der Waals surface area contributed by atoms with Gasteiger partial charge in [-0.1, -0.05) is 18.2 Å². The maximum Gasteiger partial charge on any atom is 0.330 e. The topological polar surface area (TPSA) is 94.6 Å². The lowest BCUT2D eigenvalue weighted by Gasteiger charge is -2.37. The van der Waals surface area contributed by atoms with Crippen LogP contribution >= 0.6 is 7.07 Å². The molecule has 0 saturated carbocycles. The molecule has 0 aliphatic carbocycles. The summed E-state index contributed by atoms with van der Waals surface area (Å²) in [6, 6.07) is 10.8. The molecule has 2 N–H and O–H groups in total. The molecule has 2 aromatic rings. The monoisotopic (exact) mass is 381 g/mol. The molecule has 2 fully saturated rings. The third-order valence-electron chi connectivity index (χ3n) is 4.06. The Kier molecular flexibility index (Phi) is 4.43. The largest absolute Gasteiger partial charge is 0.467 e. The van der Waals surface area contributed by atoms with Gasteiger partial charge in [0.15, 0.2) is 0 Å². The first kappa shape index (κ1) is 16.8. The summed E-state index contributed by atoms with van der Waals surface area (Å²) in [5.41, 5.74) is -0.130. The molecule has 2 saturated heterocycles. The maximum atomic E-state index is 11.9. The highest BCUT2D eigenvalue weighted by atomic mass is 32.7. The van der Waals surface area contributed by atoms with Gasteiger partial charge in [0.2, 0.25) is 0 Å². The molecule has 132 valence electrons. The summed E-state index contributed by atoms with van der Waals surface area (Å²) < 4.78 is 18.9. The van der Waals surface area contributed by atoms with Gasteiger partial charge in [-0.15, -0.1) is 0 Å². The van der Waals surface area contributed by atoms with E-state index in [2.05, 4.69) is 10.1 Å². The van der Waals surface area contributed by atoms with Crippen LogP contribution in [0.4, 0.5) is 5.69 Å². The quantitative estimate of drug-likeness (QED) is 0.616. The highest BCUT2D eigenvalue weighted by Gasteiger charge is 2.49. The maximum absolute atomic E-state index is 11.9. The number of aromatic nitrogens is 2. The molecule has 0 spiro atoms. The van der Waals surface area contributed by atoms with Gasteiger partial charge < -0.3 is 17.0 Å². The van der Waals surface area contributed by atoms with Crippen LogP contribution in [0.5, 0.6) is 0 Å². The molecular formula is C15H16N3O5PS. The van der Waals surface area contributed by atoms with Crippen LogP contribution in [0.3, 0.4) is 0 Å². The van der Waals surface area contributed by atoms with E-state index in [1.165, 1.54) is 16.8 Å². The van der Waals surface area contributed by atoms with Gasteiger partial charge in [0.1, 0.15) is 25.0 Å². The first-order valence-electron chi connectivity index (χ1n) is 7.76. The predicted molar refractivity (Wildman–Crippen MR) is 95.0 cm³/mol. The lowest BCUT2D eigenvalue weighted by molar-refractivity contribution is -0.0531. The molecule has 0 bridgehead atoms. The fourth-order valence-electron chi connectivity index (χ4n) is 2.90. The van der Waals surface area contributed by atoms with E-state index >= 15 is 0 Å². The average Bonchev–Trinajstić information content (AvgIpc) is 2.97. The SMILES string of the molecule is O=c1ccn(C2CC3O[P+]([S-])(Nc4ccccc4)OCC3O2)c(=O)[nH]1. The summed E-state index contributed by atoms with van der Waals surface area (Å²) >= 11 is 5.54. The smallest absolute Gasteiger partial charge is 0.330 e. The number of rotatable bonds is 3. The van der Waals surface area contributed by atoms with Gasteiger partial charge in [-0.05, 0) is 12.1 Å². The molecular weight excluding hydrogens is 365 g/mol. The molecule has 25 heavy (non-hydrogen) atoms. The second-order valence-electron chi connectivity index (χ2n) is 5.80. The molecule has 3 heterocycles. The van der Waals surface area contributed by atoms with Crippen molar-refractivity contribution in [1.82, 2.24) is 9.55 Å². The van der Waals surface area contributed by atoms with Crippen molar-refractivity contribution in [3.63, 3.8) is 0 Å². The Bertz CT molecular complexity index is 875. The van der Waals surface area contributed by atoms with Crippen LogP contribution in [-0.2, 0) is 26.0 Å². The normalized spacial score (nSPS) is 31.5. The van der Waals surface area contributed by atoms with Crippen molar-refractivity contribution in [2.45, 2.75) is 24.9 Å². The van der Waals surface area contributed by atoms with E-state index in [1.807, 2.05) is 30.3 Å². The van der Waals surface area contributed by atoms with E-state index < -0.39 is 24.5 Å². The summed E-state index contributed by atoms with van der Waals surface area (Å²) in [6.07, 6.45) is 0.760. The lowest BCUT2D eigenvalue weighted by atomic mass is 10.2. The summed E-state index contributed by atoms with van der Waals surface area (Å²) in [5.74, 6) is 0. The van der Waals surface area contributed by atoms with Crippen molar-refractivity contribution in [3.8, 4) is 0 Å². The van der Waals surface area contributed by atoms with Gasteiger partial charge in [-0.3, -0.25) is 14.3 Å². The van der Waals surface area contributed by atoms with Crippen LogP contribution in [-0.4, -0.2) is 28.4 Å². The summed E-state index contributed by atoms with van der Waals surface area (Å²) in [5, 5.41) is 3.15. The Morgan fingerprint density at radius 1 is 1.20 bits per heavy atom. The first-order valence-corrected chi connectivity index (χ1v) is 10.4. The van der Waals surface area contributed by atoms with Gasteiger partial charge in [0, 0.05) is 18.7 Å². The van der Waals surface area contributed by atoms with Crippen molar-refractivity contribution in [1.29, 1.82) is 0 Å². The Morgan fingerprint density at radius 2 is 2.00 bits per heavy atom. The molecule has 10 heteroatoms. The van der Waals surface area contributed by atoms with Crippen LogP contribution in [0.15, 0.2) is 52.2 Å². The summed E-state index contributed by atoms with van der Waals surface area (Å²) in [7, 11) is -2.68. The standard InChI is InChI=1S/C15H16N3O5PS/c19-13-6-7-18(15(20)16-13)14-8-11-12(22-14)9-21-24(25,23-11)17-10-4-2-1-3-5-10/h1-7,11-12,14H,8-9H2,(H,17,25)(H,16,19,20). The van der Waals surface area contributed by atoms with Crippen LogP contribution in [0.1, 0.15) is 12.6 Å². The number of hydrogen-bond donors (Lipinski definition) is 2. The number of anilines is 1. The summed E-state index contributed by atoms with van der Waals surface area (Å²) in [6.45, 7) is 0.288. The number of aromatic amines is 1. The molecule has 2 aliphatic heterocycles. The highest BCUT2D eigenvalue weighted by Crippen LogP contribution is 2.63. The van der Waals surface area contributed by atoms with Crippen LogP contribution < -0.4 is 16.3 Å². The van der Waals surface area contributed by atoms with Crippen LogP contribution in [0.2, 0.25) is 0 Å². The number of nitrogens with zero attached hydrogens (tertiary/aromatic N) is 1. The molecule has 1 aromatic carbocycles. The second kappa shape index (κ2) is 6.59. The van der Waals surface area contributed by atoms with Crippen molar-refractivity contribution in [3.05, 3.63) is 63.4 Å². The zero-order valence-electron chi connectivity index (χ0n) is 13.0. The van der Waals surface area contributed by atoms with E-state index in [4.69, 9.17) is 26.0 Å². The Hall–Kier alpha value is -1.64. The Balaban J connectivity index is 1.49. The molecule has 0 radical (unpaired) electrons. The molecule has 8 nitrogen and oxygen atoms in total. The van der Waals surface area contributed by atoms with Gasteiger partial charge in [0.05, 0.1) is 5.69 Å². The molecule has 4 rings (SSSR count). The highest BCUT2D eigenvalue weighted by molar-refractivity contribution is 8.38. The van der Waals surface area contributed by atoms with Crippen molar-refractivity contribution in [2.75, 3.05) is 11.7 Å². The minimum Gasteiger partial charge on any atom is -0.467 e. The first-order chi connectivity index (χ1) is 12.0. The zero-order chi connectivity index (χ0) is 17.4. The van der Waals surface area contributed by atoms with Gasteiger partial charge in [-0.2, -0.15) is 4.52 Å². The van der Waals surface area contributed by atoms with E-state index in [0.29, 0.717) is 6.42 Å². The van der Waals surface area contributed by atoms with Crippen LogP contribution in [0, 0.1) is 0 Å². The molecule has 0 amide bonds. The molecule has 4 atom stereocenters. The number of nitrogens with one attached hydrogen (secondary N) is 2. The minimum atomic E-state index is -2.68. The van der Waals surface area contributed by atoms with Gasteiger partial charge in [0.25, 0.3) is 12.6 Å². The fourth-order valence-corrected chi connectivity index (χ4v) is 5.29. The van der Waals surface area contributed by atoms with E-state index in [1.54, 1.807) is 0 Å². The molecule has 4 unspecified atom stereocenters. The third-order valence-corrected chi connectivity index (χ3v) is 6.48. The van der Waals surface area contributed by atoms with Gasteiger partial charge >= 0.3 is 5.69 Å².